The minimum absolute atomic E-state index is 0.0465. The average molecular weight is 455 g/mol. The van der Waals surface area contributed by atoms with Crippen LogP contribution in [0.25, 0.3) is 0 Å². The van der Waals surface area contributed by atoms with E-state index < -0.39 is 12.0 Å². The molecule has 1 amide bonds. The van der Waals surface area contributed by atoms with E-state index in [0.717, 1.165) is 44.3 Å². The van der Waals surface area contributed by atoms with E-state index >= 15 is 0 Å². The van der Waals surface area contributed by atoms with Crippen LogP contribution in [-0.2, 0) is 23.8 Å². The summed E-state index contributed by atoms with van der Waals surface area (Å²) in [5.41, 5.74) is 1.71. The molecule has 3 heterocycles. The van der Waals surface area contributed by atoms with Crippen molar-refractivity contribution in [3.63, 3.8) is 0 Å². The van der Waals surface area contributed by atoms with E-state index in [9.17, 15) is 14.4 Å². The predicted molar refractivity (Wildman–Crippen MR) is 118 cm³/mol. The van der Waals surface area contributed by atoms with Crippen molar-refractivity contribution in [2.45, 2.75) is 37.8 Å². The summed E-state index contributed by atoms with van der Waals surface area (Å²) in [7, 11) is 1.34. The van der Waals surface area contributed by atoms with E-state index in [1.165, 1.54) is 7.11 Å². The van der Waals surface area contributed by atoms with Gasteiger partial charge in [-0.05, 0) is 37.0 Å². The predicted octanol–water partition coefficient (Wildman–Crippen LogP) is 2.10. The van der Waals surface area contributed by atoms with Crippen molar-refractivity contribution in [2.24, 2.45) is 5.92 Å². The maximum Gasteiger partial charge on any atom is 0.337 e. The number of benzene rings is 1. The van der Waals surface area contributed by atoms with Gasteiger partial charge in [0, 0.05) is 26.2 Å². The zero-order valence-corrected chi connectivity index (χ0v) is 19.0. The molecule has 3 aliphatic heterocycles. The molecule has 0 bridgehead atoms. The van der Waals surface area contributed by atoms with E-state index in [1.807, 2.05) is 12.1 Å². The third kappa shape index (κ3) is 4.06. The molecule has 0 N–H and O–H groups in total. The number of rotatable bonds is 5. The van der Waals surface area contributed by atoms with Crippen LogP contribution in [-0.4, -0.2) is 80.1 Å². The van der Waals surface area contributed by atoms with E-state index in [2.05, 4.69) is 4.90 Å². The molecule has 2 fully saturated rings. The molecule has 1 aliphatic carbocycles. The standard InChI is InChI=1S/C25H30N2O6/c1-31-25(30)17-8-6-16(7-9-17)21-20-22(28)18-4-2-3-5-19(18)33-23(20)24(29)27(21)11-10-26-12-14-32-15-13-26/h6-9,18-19,21H,2-5,10-15H2,1H3. The van der Waals surface area contributed by atoms with Gasteiger partial charge in [-0.15, -0.1) is 0 Å². The zero-order chi connectivity index (χ0) is 22.9. The second-order valence-corrected chi connectivity index (χ2v) is 9.12. The Balaban J connectivity index is 1.47. The van der Waals surface area contributed by atoms with Crippen LogP contribution in [0.5, 0.6) is 0 Å². The first kappa shape index (κ1) is 22.1. The second kappa shape index (κ2) is 9.27. The van der Waals surface area contributed by atoms with Gasteiger partial charge in [0.15, 0.2) is 11.5 Å². The molecule has 0 spiro atoms. The molecule has 3 unspecified atom stereocenters. The molecule has 1 saturated carbocycles. The minimum atomic E-state index is -0.504. The third-order valence-electron chi connectivity index (χ3n) is 7.27. The molecule has 1 aromatic rings. The van der Waals surface area contributed by atoms with E-state index in [0.29, 0.717) is 37.4 Å². The van der Waals surface area contributed by atoms with Crippen LogP contribution in [0.2, 0.25) is 0 Å². The van der Waals surface area contributed by atoms with Crippen LogP contribution in [0, 0.1) is 5.92 Å². The largest absolute Gasteiger partial charge is 0.483 e. The quantitative estimate of drug-likeness (QED) is 0.630. The number of hydrogen-bond acceptors (Lipinski definition) is 7. The number of hydrogen-bond donors (Lipinski definition) is 0. The molecular weight excluding hydrogens is 424 g/mol. The number of nitrogens with zero attached hydrogens (tertiary/aromatic N) is 2. The Labute approximate surface area is 193 Å². The van der Waals surface area contributed by atoms with Gasteiger partial charge in [0.2, 0.25) is 0 Å². The summed E-state index contributed by atoms with van der Waals surface area (Å²) in [5, 5.41) is 0. The number of morpholine rings is 1. The SMILES string of the molecule is COC(=O)c1ccc(C2C3=C(OC4CCCCC4C3=O)C(=O)N2CCN2CCOCC2)cc1. The first-order chi connectivity index (χ1) is 16.1. The summed E-state index contributed by atoms with van der Waals surface area (Å²) in [6.45, 7) is 4.22. The molecule has 4 aliphatic rings. The second-order valence-electron chi connectivity index (χ2n) is 9.12. The van der Waals surface area contributed by atoms with Crippen LogP contribution >= 0.6 is 0 Å². The minimum Gasteiger partial charge on any atom is -0.483 e. The molecule has 1 saturated heterocycles. The highest BCUT2D eigenvalue weighted by Gasteiger charge is 2.51. The number of fused-ring (bicyclic) bond motifs is 1. The smallest absolute Gasteiger partial charge is 0.337 e. The van der Waals surface area contributed by atoms with Gasteiger partial charge in [0.25, 0.3) is 5.91 Å². The summed E-state index contributed by atoms with van der Waals surface area (Å²) in [6, 6.07) is 6.48. The highest BCUT2D eigenvalue weighted by molar-refractivity contribution is 6.11. The lowest BCUT2D eigenvalue weighted by atomic mass is 9.77. The van der Waals surface area contributed by atoms with Gasteiger partial charge in [0.1, 0.15) is 6.10 Å². The lowest BCUT2D eigenvalue weighted by Gasteiger charge is -2.35. The lowest BCUT2D eigenvalue weighted by molar-refractivity contribution is -0.135. The van der Waals surface area contributed by atoms with Crippen molar-refractivity contribution in [1.82, 2.24) is 9.80 Å². The molecule has 5 rings (SSSR count). The molecule has 0 radical (unpaired) electrons. The molecule has 1 aromatic carbocycles. The molecule has 0 aromatic heterocycles. The van der Waals surface area contributed by atoms with Gasteiger partial charge in [-0.1, -0.05) is 18.6 Å². The van der Waals surface area contributed by atoms with Crippen molar-refractivity contribution in [3.8, 4) is 0 Å². The fraction of sp³-hybridized carbons (Fsp3) is 0.560. The summed E-state index contributed by atoms with van der Waals surface area (Å²) in [4.78, 5) is 43.1. The molecule has 8 heteroatoms. The highest BCUT2D eigenvalue weighted by atomic mass is 16.5. The molecule has 3 atom stereocenters. The Kier molecular flexibility index (Phi) is 6.21. The Morgan fingerprint density at radius 2 is 1.79 bits per heavy atom. The molecule has 8 nitrogen and oxygen atoms in total. The van der Waals surface area contributed by atoms with Crippen LogP contribution < -0.4 is 0 Å². The number of ether oxygens (including phenoxy) is 3. The van der Waals surface area contributed by atoms with E-state index in [-0.39, 0.29) is 29.5 Å². The van der Waals surface area contributed by atoms with Gasteiger partial charge in [-0.2, -0.15) is 0 Å². The van der Waals surface area contributed by atoms with Crippen molar-refractivity contribution >= 4 is 17.7 Å². The van der Waals surface area contributed by atoms with Gasteiger partial charge < -0.3 is 19.1 Å². The summed E-state index contributed by atoms with van der Waals surface area (Å²) in [6.07, 6.45) is 3.44. The highest BCUT2D eigenvalue weighted by Crippen LogP contribution is 2.46. The lowest BCUT2D eigenvalue weighted by Crippen LogP contribution is -2.43. The maximum atomic E-state index is 13.6. The summed E-state index contributed by atoms with van der Waals surface area (Å²) < 4.78 is 16.5. The number of Topliss-reactive ketones (excluding diaryl/α,β-unsaturated/α-hetero) is 1. The normalized spacial score (nSPS) is 27.8. The van der Waals surface area contributed by atoms with Crippen LogP contribution in [0.15, 0.2) is 35.6 Å². The first-order valence-electron chi connectivity index (χ1n) is 11.8. The molecular formula is C25H30N2O6. The van der Waals surface area contributed by atoms with Crippen molar-refractivity contribution in [2.75, 3.05) is 46.5 Å². The van der Waals surface area contributed by atoms with Gasteiger partial charge >= 0.3 is 5.97 Å². The van der Waals surface area contributed by atoms with E-state index in [4.69, 9.17) is 14.2 Å². The van der Waals surface area contributed by atoms with Crippen LogP contribution in [0.1, 0.15) is 47.6 Å². The fourth-order valence-electron chi connectivity index (χ4n) is 5.46. The van der Waals surface area contributed by atoms with Crippen LogP contribution in [0.4, 0.5) is 0 Å². The molecule has 33 heavy (non-hydrogen) atoms. The number of ketones is 1. The number of carbonyl (C=O) groups excluding carboxylic acids is 3. The monoisotopic (exact) mass is 454 g/mol. The van der Waals surface area contributed by atoms with Crippen molar-refractivity contribution in [1.29, 1.82) is 0 Å². The first-order valence-corrected chi connectivity index (χ1v) is 11.8. The average Bonchev–Trinajstić information content (AvgIpc) is 3.14. The van der Waals surface area contributed by atoms with E-state index in [1.54, 1.807) is 17.0 Å². The maximum absolute atomic E-state index is 13.6. The summed E-state index contributed by atoms with van der Waals surface area (Å²) in [5.74, 6) is -0.536. The topological polar surface area (TPSA) is 85.4 Å². The Bertz CT molecular complexity index is 966. The Morgan fingerprint density at radius 3 is 2.52 bits per heavy atom. The van der Waals surface area contributed by atoms with Gasteiger partial charge in [-0.25, -0.2) is 4.79 Å². The molecule has 176 valence electrons. The summed E-state index contributed by atoms with van der Waals surface area (Å²) >= 11 is 0. The van der Waals surface area contributed by atoms with Gasteiger partial charge in [0.05, 0.1) is 43.4 Å². The third-order valence-corrected chi connectivity index (χ3v) is 7.27. The Hall–Kier alpha value is -2.71. The zero-order valence-electron chi connectivity index (χ0n) is 19.0. The van der Waals surface area contributed by atoms with Crippen molar-refractivity contribution in [3.05, 3.63) is 46.7 Å². The van der Waals surface area contributed by atoms with Crippen molar-refractivity contribution < 1.29 is 28.6 Å². The fourth-order valence-corrected chi connectivity index (χ4v) is 5.46. The number of methoxy groups -OCH3 is 1. The number of esters is 1. The van der Waals surface area contributed by atoms with Gasteiger partial charge in [-0.3, -0.25) is 14.5 Å². The Morgan fingerprint density at radius 1 is 1.06 bits per heavy atom. The number of amides is 1. The van der Waals surface area contributed by atoms with Crippen LogP contribution in [0.3, 0.4) is 0 Å². The number of carbonyl (C=O) groups is 3.